The van der Waals surface area contributed by atoms with Gasteiger partial charge in [-0.3, -0.25) is 0 Å². The first-order valence-electron chi connectivity index (χ1n) is 9.46. The zero-order valence-electron chi connectivity index (χ0n) is 17.3. The van der Waals surface area contributed by atoms with Gasteiger partial charge in [0.1, 0.15) is 18.1 Å². The third-order valence-corrected chi connectivity index (χ3v) is 6.38. The lowest BCUT2D eigenvalue weighted by atomic mass is 10.1. The van der Waals surface area contributed by atoms with Gasteiger partial charge in [0.15, 0.2) is 6.61 Å². The number of oxime groups is 1. The van der Waals surface area contributed by atoms with E-state index in [1.54, 1.807) is 38.3 Å². The summed E-state index contributed by atoms with van der Waals surface area (Å²) in [6, 6.07) is 13.9. The fourth-order valence-electron chi connectivity index (χ4n) is 2.64. The Morgan fingerprint density at radius 1 is 0.931 bits per heavy atom. The molecule has 0 bridgehead atoms. The van der Waals surface area contributed by atoms with Gasteiger partial charge in [-0.2, -0.15) is 4.31 Å². The van der Waals surface area contributed by atoms with Crippen LogP contribution in [0.3, 0.4) is 0 Å². The van der Waals surface area contributed by atoms with E-state index < -0.39 is 10.0 Å². The highest BCUT2D eigenvalue weighted by Gasteiger charge is 2.21. The van der Waals surface area contributed by atoms with E-state index in [2.05, 4.69) is 5.16 Å². The van der Waals surface area contributed by atoms with E-state index in [0.29, 0.717) is 25.4 Å². The molecule has 0 aliphatic carbocycles. The molecule has 0 unspecified atom stereocenters. The second-order valence-corrected chi connectivity index (χ2v) is 8.09. The fraction of sp³-hybridized carbons (Fsp3) is 0.381. The smallest absolute Gasteiger partial charge is 0.243 e. The van der Waals surface area contributed by atoms with Gasteiger partial charge in [-0.25, -0.2) is 8.42 Å². The van der Waals surface area contributed by atoms with Gasteiger partial charge in [0.2, 0.25) is 10.0 Å². The summed E-state index contributed by atoms with van der Waals surface area (Å²) >= 11 is 0. The second-order valence-electron chi connectivity index (χ2n) is 6.15. The molecule has 0 saturated carbocycles. The van der Waals surface area contributed by atoms with Crippen molar-refractivity contribution in [3.8, 4) is 11.5 Å². The van der Waals surface area contributed by atoms with E-state index in [0.717, 1.165) is 17.1 Å². The molecular weight excluding hydrogens is 392 g/mol. The second kappa shape index (κ2) is 10.8. The molecule has 0 amide bonds. The first-order valence-corrected chi connectivity index (χ1v) is 10.9. The highest BCUT2D eigenvalue weighted by Crippen LogP contribution is 2.18. The lowest BCUT2D eigenvalue weighted by molar-refractivity contribution is 0.107. The fourth-order valence-corrected chi connectivity index (χ4v) is 4.10. The molecule has 0 spiro atoms. The van der Waals surface area contributed by atoms with Crippen LogP contribution in [0.25, 0.3) is 0 Å². The van der Waals surface area contributed by atoms with Crippen molar-refractivity contribution in [1.82, 2.24) is 4.31 Å². The number of hydrogen-bond donors (Lipinski definition) is 0. The number of benzene rings is 2. The van der Waals surface area contributed by atoms with Gasteiger partial charge in [0.25, 0.3) is 0 Å². The molecule has 0 heterocycles. The quantitative estimate of drug-likeness (QED) is 0.316. The number of sulfonamides is 1. The Kier molecular flexibility index (Phi) is 8.48. The summed E-state index contributed by atoms with van der Waals surface area (Å²) in [4.78, 5) is 5.57. The van der Waals surface area contributed by atoms with Crippen LogP contribution in [0.1, 0.15) is 26.3 Å². The van der Waals surface area contributed by atoms with Gasteiger partial charge in [-0.05, 0) is 48.9 Å². The summed E-state index contributed by atoms with van der Waals surface area (Å²) in [5, 5.41) is 4.07. The van der Waals surface area contributed by atoms with Gasteiger partial charge >= 0.3 is 0 Å². The largest absolute Gasteiger partial charge is 0.497 e. The monoisotopic (exact) mass is 420 g/mol. The molecule has 0 saturated heterocycles. The molecule has 29 heavy (non-hydrogen) atoms. The highest BCUT2D eigenvalue weighted by atomic mass is 32.2. The van der Waals surface area contributed by atoms with E-state index in [4.69, 9.17) is 14.3 Å². The van der Waals surface area contributed by atoms with Crippen LogP contribution in [-0.4, -0.2) is 51.8 Å². The molecule has 2 aromatic carbocycles. The third kappa shape index (κ3) is 6.20. The lowest BCUT2D eigenvalue weighted by Gasteiger charge is -2.18. The number of nitrogens with zero attached hydrogens (tertiary/aromatic N) is 2. The van der Waals surface area contributed by atoms with Crippen molar-refractivity contribution in [2.45, 2.75) is 25.7 Å². The Morgan fingerprint density at radius 3 is 2.07 bits per heavy atom. The Morgan fingerprint density at radius 2 is 1.52 bits per heavy atom. The van der Waals surface area contributed by atoms with Crippen LogP contribution in [0, 0.1) is 0 Å². The highest BCUT2D eigenvalue weighted by molar-refractivity contribution is 7.89. The van der Waals surface area contributed by atoms with Gasteiger partial charge in [-0.15, -0.1) is 0 Å². The molecule has 0 aliphatic heterocycles. The lowest BCUT2D eigenvalue weighted by Crippen LogP contribution is -2.30. The van der Waals surface area contributed by atoms with Crippen LogP contribution in [0.4, 0.5) is 0 Å². The Bertz CT molecular complexity index is 890. The van der Waals surface area contributed by atoms with E-state index >= 15 is 0 Å². The standard InChI is InChI=1S/C21H28N2O5S/c1-5-23(6-2)29(24,25)21-13-7-18(8-14-21)17(3)22-28-16-15-27-20-11-9-19(26-4)10-12-20/h7-14H,5-6,15-16H2,1-4H3/b22-17-. The summed E-state index contributed by atoms with van der Waals surface area (Å²) in [7, 11) is -1.85. The van der Waals surface area contributed by atoms with Crippen molar-refractivity contribution >= 4 is 15.7 Å². The molecule has 158 valence electrons. The number of hydrogen-bond acceptors (Lipinski definition) is 6. The van der Waals surface area contributed by atoms with E-state index in [9.17, 15) is 8.42 Å². The van der Waals surface area contributed by atoms with Gasteiger partial charge in [0.05, 0.1) is 17.7 Å². The predicted molar refractivity (Wildman–Crippen MR) is 113 cm³/mol. The molecule has 2 rings (SSSR count). The van der Waals surface area contributed by atoms with Crippen molar-refractivity contribution in [1.29, 1.82) is 0 Å². The van der Waals surface area contributed by atoms with E-state index in [1.807, 2.05) is 38.1 Å². The average molecular weight is 421 g/mol. The molecule has 0 aliphatic rings. The molecule has 0 aromatic heterocycles. The van der Waals surface area contributed by atoms with Crippen molar-refractivity contribution in [2.24, 2.45) is 5.16 Å². The van der Waals surface area contributed by atoms with Crippen molar-refractivity contribution in [3.63, 3.8) is 0 Å². The van der Waals surface area contributed by atoms with Crippen LogP contribution in [0.15, 0.2) is 58.6 Å². The normalized spacial score (nSPS) is 12.1. The molecule has 0 N–H and O–H groups in total. The van der Waals surface area contributed by atoms with Crippen LogP contribution in [0.5, 0.6) is 11.5 Å². The SMILES string of the molecule is CCN(CC)S(=O)(=O)c1ccc(/C(C)=N\OCCOc2ccc(OC)cc2)cc1. The minimum Gasteiger partial charge on any atom is -0.497 e. The van der Waals surface area contributed by atoms with E-state index in [1.165, 1.54) is 4.31 Å². The number of methoxy groups -OCH3 is 1. The topological polar surface area (TPSA) is 77.4 Å². The Hall–Kier alpha value is -2.58. The molecule has 7 nitrogen and oxygen atoms in total. The average Bonchev–Trinajstić information content (AvgIpc) is 2.74. The zero-order valence-corrected chi connectivity index (χ0v) is 18.1. The minimum atomic E-state index is -3.46. The maximum atomic E-state index is 12.5. The van der Waals surface area contributed by atoms with Gasteiger partial charge < -0.3 is 14.3 Å². The molecule has 0 fully saturated rings. The number of ether oxygens (including phenoxy) is 2. The minimum absolute atomic E-state index is 0.270. The van der Waals surface area contributed by atoms with Crippen LogP contribution < -0.4 is 9.47 Å². The van der Waals surface area contributed by atoms with Gasteiger partial charge in [-0.1, -0.05) is 31.1 Å². The Labute approximate surface area is 172 Å². The zero-order chi connectivity index (χ0) is 21.3. The summed E-state index contributed by atoms with van der Waals surface area (Å²) < 4.78 is 37.1. The summed E-state index contributed by atoms with van der Waals surface area (Å²) in [6.45, 7) is 6.96. The van der Waals surface area contributed by atoms with Crippen LogP contribution in [-0.2, 0) is 14.9 Å². The van der Waals surface area contributed by atoms with Gasteiger partial charge in [0, 0.05) is 13.1 Å². The third-order valence-electron chi connectivity index (χ3n) is 4.32. The maximum Gasteiger partial charge on any atom is 0.243 e. The Balaban J connectivity index is 1.87. The molecule has 0 radical (unpaired) electrons. The van der Waals surface area contributed by atoms with Crippen molar-refractivity contribution < 1.29 is 22.7 Å². The van der Waals surface area contributed by atoms with Crippen molar-refractivity contribution in [2.75, 3.05) is 33.4 Å². The molecule has 8 heteroatoms. The predicted octanol–water partition coefficient (Wildman–Crippen LogP) is 3.55. The summed E-state index contributed by atoms with van der Waals surface area (Å²) in [5.74, 6) is 1.49. The summed E-state index contributed by atoms with van der Waals surface area (Å²) in [5.41, 5.74) is 1.45. The maximum absolute atomic E-state index is 12.5. The van der Waals surface area contributed by atoms with Crippen molar-refractivity contribution in [3.05, 3.63) is 54.1 Å². The molecular formula is C21H28N2O5S. The summed E-state index contributed by atoms with van der Waals surface area (Å²) in [6.07, 6.45) is 0. The first-order chi connectivity index (χ1) is 13.9. The number of rotatable bonds is 11. The van der Waals surface area contributed by atoms with Crippen LogP contribution >= 0.6 is 0 Å². The first kappa shape index (κ1) is 22.7. The molecule has 0 atom stereocenters. The van der Waals surface area contributed by atoms with Crippen LogP contribution in [0.2, 0.25) is 0 Å². The van der Waals surface area contributed by atoms with E-state index in [-0.39, 0.29) is 11.5 Å². The molecule has 2 aromatic rings.